The number of allylic oxidation sites excluding steroid dienone is 2. The van der Waals surface area contributed by atoms with Gasteiger partial charge in [-0.1, -0.05) is 13.0 Å². The SMILES string of the molecule is CC(=O)/C=C/C(C)CCC(=O)O. The molecular formula is C9H14O3. The van der Waals surface area contributed by atoms with Crippen molar-refractivity contribution in [3.63, 3.8) is 0 Å². The van der Waals surface area contributed by atoms with E-state index in [4.69, 9.17) is 5.11 Å². The van der Waals surface area contributed by atoms with Crippen LogP contribution in [0.1, 0.15) is 26.7 Å². The molecular weight excluding hydrogens is 156 g/mol. The Hall–Kier alpha value is -1.12. The number of hydrogen-bond donors (Lipinski definition) is 1. The van der Waals surface area contributed by atoms with Crippen molar-refractivity contribution in [1.29, 1.82) is 0 Å². The molecule has 1 unspecified atom stereocenters. The molecule has 0 aliphatic heterocycles. The number of aliphatic carboxylic acids is 1. The van der Waals surface area contributed by atoms with Crippen LogP contribution in [-0.2, 0) is 9.59 Å². The molecule has 0 amide bonds. The van der Waals surface area contributed by atoms with E-state index in [1.807, 2.05) is 6.92 Å². The Labute approximate surface area is 72.1 Å². The van der Waals surface area contributed by atoms with E-state index < -0.39 is 5.97 Å². The van der Waals surface area contributed by atoms with Gasteiger partial charge in [0.2, 0.25) is 0 Å². The number of rotatable bonds is 5. The van der Waals surface area contributed by atoms with Gasteiger partial charge in [0.15, 0.2) is 5.78 Å². The quantitative estimate of drug-likeness (QED) is 0.638. The molecule has 0 radical (unpaired) electrons. The second kappa shape index (κ2) is 5.52. The van der Waals surface area contributed by atoms with Crippen LogP contribution in [0.5, 0.6) is 0 Å². The van der Waals surface area contributed by atoms with E-state index >= 15 is 0 Å². The molecule has 0 aliphatic rings. The number of carboxylic acid groups (broad SMARTS) is 1. The zero-order valence-electron chi connectivity index (χ0n) is 7.41. The molecule has 1 atom stereocenters. The van der Waals surface area contributed by atoms with Crippen LogP contribution in [0.3, 0.4) is 0 Å². The van der Waals surface area contributed by atoms with Crippen LogP contribution in [0.2, 0.25) is 0 Å². The first-order valence-electron chi connectivity index (χ1n) is 3.93. The molecule has 0 aliphatic carbocycles. The highest BCUT2D eigenvalue weighted by Crippen LogP contribution is 2.06. The van der Waals surface area contributed by atoms with Crippen LogP contribution < -0.4 is 0 Å². The van der Waals surface area contributed by atoms with Gasteiger partial charge in [-0.3, -0.25) is 9.59 Å². The average Bonchev–Trinajstić information content (AvgIpc) is 1.96. The maximum Gasteiger partial charge on any atom is 0.303 e. The summed E-state index contributed by atoms with van der Waals surface area (Å²) >= 11 is 0. The third-order valence-electron chi connectivity index (χ3n) is 1.47. The van der Waals surface area contributed by atoms with Crippen LogP contribution in [0.25, 0.3) is 0 Å². The molecule has 0 aromatic heterocycles. The lowest BCUT2D eigenvalue weighted by atomic mass is 10.1. The zero-order valence-corrected chi connectivity index (χ0v) is 7.41. The summed E-state index contributed by atoms with van der Waals surface area (Å²) < 4.78 is 0. The van der Waals surface area contributed by atoms with Gasteiger partial charge in [-0.25, -0.2) is 0 Å². The highest BCUT2D eigenvalue weighted by Gasteiger charge is 2.01. The summed E-state index contributed by atoms with van der Waals surface area (Å²) in [7, 11) is 0. The maximum atomic E-state index is 10.5. The van der Waals surface area contributed by atoms with Crippen molar-refractivity contribution in [2.45, 2.75) is 26.7 Å². The third kappa shape index (κ3) is 6.99. The van der Waals surface area contributed by atoms with Gasteiger partial charge in [0.1, 0.15) is 0 Å². The van der Waals surface area contributed by atoms with E-state index in [-0.39, 0.29) is 18.1 Å². The Kier molecular flexibility index (Phi) is 5.00. The molecule has 0 bridgehead atoms. The molecule has 0 fully saturated rings. The van der Waals surface area contributed by atoms with Crippen molar-refractivity contribution >= 4 is 11.8 Å². The molecule has 0 saturated heterocycles. The third-order valence-corrected chi connectivity index (χ3v) is 1.47. The van der Waals surface area contributed by atoms with Crippen molar-refractivity contribution < 1.29 is 14.7 Å². The first-order chi connectivity index (χ1) is 5.52. The van der Waals surface area contributed by atoms with Gasteiger partial charge < -0.3 is 5.11 Å². The number of carboxylic acids is 1. The van der Waals surface area contributed by atoms with Crippen molar-refractivity contribution in [3.8, 4) is 0 Å². The predicted molar refractivity (Wildman–Crippen MR) is 45.9 cm³/mol. The molecule has 3 nitrogen and oxygen atoms in total. The Morgan fingerprint density at radius 3 is 2.50 bits per heavy atom. The zero-order chi connectivity index (χ0) is 9.56. The molecule has 1 N–H and O–H groups in total. The maximum absolute atomic E-state index is 10.5. The van der Waals surface area contributed by atoms with Crippen molar-refractivity contribution in [1.82, 2.24) is 0 Å². The fourth-order valence-electron chi connectivity index (χ4n) is 0.747. The summed E-state index contributed by atoms with van der Waals surface area (Å²) in [6.45, 7) is 3.36. The topological polar surface area (TPSA) is 54.4 Å². The van der Waals surface area contributed by atoms with Crippen LogP contribution >= 0.6 is 0 Å². The summed E-state index contributed by atoms with van der Waals surface area (Å²) in [6, 6.07) is 0. The number of hydrogen-bond acceptors (Lipinski definition) is 2. The van der Waals surface area contributed by atoms with Gasteiger partial charge in [0, 0.05) is 6.42 Å². The minimum Gasteiger partial charge on any atom is -0.481 e. The summed E-state index contributed by atoms with van der Waals surface area (Å²) in [5, 5.41) is 8.35. The Bertz CT molecular complexity index is 194. The lowest BCUT2D eigenvalue weighted by Gasteiger charge is -2.01. The number of ketones is 1. The molecule has 3 heteroatoms. The Balaban J connectivity index is 3.66. The smallest absolute Gasteiger partial charge is 0.303 e. The standard InChI is InChI=1S/C9H14O3/c1-7(3-5-8(2)10)4-6-9(11)12/h3,5,7H,4,6H2,1-2H3,(H,11,12)/b5-3+. The highest BCUT2D eigenvalue weighted by molar-refractivity contribution is 5.87. The lowest BCUT2D eigenvalue weighted by Crippen LogP contribution is -1.99. The van der Waals surface area contributed by atoms with Gasteiger partial charge in [0.05, 0.1) is 0 Å². The monoisotopic (exact) mass is 170 g/mol. The first-order valence-corrected chi connectivity index (χ1v) is 3.93. The van der Waals surface area contributed by atoms with Crippen LogP contribution in [-0.4, -0.2) is 16.9 Å². The van der Waals surface area contributed by atoms with E-state index in [0.29, 0.717) is 6.42 Å². The summed E-state index contributed by atoms with van der Waals surface area (Å²) in [6.07, 6.45) is 3.96. The number of carbonyl (C=O) groups excluding carboxylic acids is 1. The van der Waals surface area contributed by atoms with Crippen LogP contribution in [0.4, 0.5) is 0 Å². The largest absolute Gasteiger partial charge is 0.481 e. The Morgan fingerprint density at radius 2 is 2.08 bits per heavy atom. The van der Waals surface area contributed by atoms with E-state index in [0.717, 1.165) is 0 Å². The van der Waals surface area contributed by atoms with E-state index in [9.17, 15) is 9.59 Å². The van der Waals surface area contributed by atoms with Gasteiger partial charge in [-0.15, -0.1) is 0 Å². The molecule has 0 spiro atoms. The average molecular weight is 170 g/mol. The Morgan fingerprint density at radius 1 is 1.50 bits per heavy atom. The van der Waals surface area contributed by atoms with Crippen molar-refractivity contribution in [3.05, 3.63) is 12.2 Å². The second-order valence-electron chi connectivity index (χ2n) is 2.88. The van der Waals surface area contributed by atoms with Gasteiger partial charge in [0.25, 0.3) is 0 Å². The molecule has 0 rings (SSSR count). The fraction of sp³-hybridized carbons (Fsp3) is 0.556. The van der Waals surface area contributed by atoms with Gasteiger partial charge in [-0.2, -0.15) is 0 Å². The summed E-state index contributed by atoms with van der Waals surface area (Å²) in [5.41, 5.74) is 0. The molecule has 0 saturated carbocycles. The minimum atomic E-state index is -0.793. The van der Waals surface area contributed by atoms with Gasteiger partial charge >= 0.3 is 5.97 Å². The lowest BCUT2D eigenvalue weighted by molar-refractivity contribution is -0.137. The van der Waals surface area contributed by atoms with Crippen LogP contribution in [0.15, 0.2) is 12.2 Å². The molecule has 12 heavy (non-hydrogen) atoms. The molecule has 0 aromatic rings. The highest BCUT2D eigenvalue weighted by atomic mass is 16.4. The number of carbonyl (C=O) groups is 2. The summed E-state index contributed by atoms with van der Waals surface area (Å²) in [4.78, 5) is 20.6. The van der Waals surface area contributed by atoms with E-state index in [1.54, 1.807) is 6.08 Å². The fourth-order valence-corrected chi connectivity index (χ4v) is 0.747. The molecule has 68 valence electrons. The predicted octanol–water partition coefficient (Wildman–Crippen LogP) is 1.63. The van der Waals surface area contributed by atoms with Crippen molar-refractivity contribution in [2.75, 3.05) is 0 Å². The second-order valence-corrected chi connectivity index (χ2v) is 2.88. The van der Waals surface area contributed by atoms with Gasteiger partial charge in [-0.05, 0) is 25.3 Å². The minimum absolute atomic E-state index is 0.00262. The van der Waals surface area contributed by atoms with E-state index in [1.165, 1.54) is 13.0 Å². The van der Waals surface area contributed by atoms with E-state index in [2.05, 4.69) is 0 Å². The van der Waals surface area contributed by atoms with Crippen molar-refractivity contribution in [2.24, 2.45) is 5.92 Å². The normalized spacial score (nSPS) is 13.2. The summed E-state index contributed by atoms with van der Waals surface area (Å²) in [5.74, 6) is -0.639. The van der Waals surface area contributed by atoms with Crippen LogP contribution in [0, 0.1) is 5.92 Å². The molecule has 0 heterocycles. The molecule has 0 aromatic carbocycles. The first kappa shape index (κ1) is 10.9.